The summed E-state index contributed by atoms with van der Waals surface area (Å²) in [5.74, 6) is 2.47. The van der Waals surface area contributed by atoms with E-state index < -0.39 is 0 Å². The molecule has 5 heteroatoms. The lowest BCUT2D eigenvalue weighted by Crippen LogP contribution is -2.07. The van der Waals surface area contributed by atoms with Gasteiger partial charge in [-0.2, -0.15) is 9.61 Å². The maximum Gasteiger partial charge on any atom is 0.163 e. The van der Waals surface area contributed by atoms with E-state index in [2.05, 4.69) is 45.0 Å². The third-order valence-corrected chi connectivity index (χ3v) is 4.09. The summed E-state index contributed by atoms with van der Waals surface area (Å²) < 4.78 is 1.91. The van der Waals surface area contributed by atoms with Gasteiger partial charge in [0.25, 0.3) is 0 Å². The number of rotatable bonds is 5. The highest BCUT2D eigenvalue weighted by Crippen LogP contribution is 2.42. The molecule has 1 aromatic carbocycles. The van der Waals surface area contributed by atoms with Gasteiger partial charge in [-0.15, -0.1) is 0 Å². The number of fused-ring (bicyclic) bond motifs is 1. The maximum atomic E-state index is 4.68. The molecule has 2 N–H and O–H groups in total. The molecular weight excluding hydrogens is 274 g/mol. The van der Waals surface area contributed by atoms with E-state index in [0.29, 0.717) is 5.92 Å². The molecule has 0 amide bonds. The Bertz CT molecular complexity index is 789. The summed E-state index contributed by atoms with van der Waals surface area (Å²) in [6.45, 7) is 0.766. The van der Waals surface area contributed by atoms with Crippen molar-refractivity contribution in [1.82, 2.24) is 14.6 Å². The average Bonchev–Trinajstić information content (AvgIpc) is 3.32. The van der Waals surface area contributed by atoms with Crippen molar-refractivity contribution in [2.75, 3.05) is 17.7 Å². The molecule has 0 radical (unpaired) electrons. The Kier molecular flexibility index (Phi) is 3.18. The smallest absolute Gasteiger partial charge is 0.163 e. The molecule has 0 spiro atoms. The molecule has 0 unspecified atom stereocenters. The van der Waals surface area contributed by atoms with Crippen molar-refractivity contribution < 1.29 is 0 Å². The summed E-state index contributed by atoms with van der Waals surface area (Å²) in [6.07, 6.45) is 4.46. The molecule has 5 nitrogen and oxygen atoms in total. The molecule has 22 heavy (non-hydrogen) atoms. The quantitative estimate of drug-likeness (QED) is 0.758. The lowest BCUT2D eigenvalue weighted by molar-refractivity contribution is 0.926. The monoisotopic (exact) mass is 293 g/mol. The summed E-state index contributed by atoms with van der Waals surface area (Å²) in [6, 6.07) is 12.4. The molecule has 0 bridgehead atoms. The zero-order valence-corrected chi connectivity index (χ0v) is 12.6. The van der Waals surface area contributed by atoms with Crippen LogP contribution in [-0.2, 0) is 6.54 Å². The van der Waals surface area contributed by atoms with Gasteiger partial charge in [-0.1, -0.05) is 30.3 Å². The lowest BCUT2D eigenvalue weighted by Gasteiger charge is -2.11. The number of hydrogen-bond acceptors (Lipinski definition) is 4. The molecule has 1 saturated carbocycles. The Balaban J connectivity index is 1.69. The van der Waals surface area contributed by atoms with Gasteiger partial charge in [0.2, 0.25) is 0 Å². The van der Waals surface area contributed by atoms with E-state index in [1.807, 2.05) is 29.9 Å². The van der Waals surface area contributed by atoms with Gasteiger partial charge in [-0.3, -0.25) is 0 Å². The van der Waals surface area contributed by atoms with Crippen LogP contribution in [0.25, 0.3) is 5.65 Å². The van der Waals surface area contributed by atoms with Crippen molar-refractivity contribution >= 4 is 17.3 Å². The number of anilines is 2. The minimum absolute atomic E-state index is 0.638. The predicted octanol–water partition coefficient (Wildman–Crippen LogP) is 3.26. The van der Waals surface area contributed by atoms with E-state index in [1.54, 1.807) is 0 Å². The molecule has 0 saturated heterocycles. The van der Waals surface area contributed by atoms with Crippen LogP contribution in [0.2, 0.25) is 0 Å². The fourth-order valence-electron chi connectivity index (χ4n) is 2.70. The molecule has 1 aliphatic rings. The van der Waals surface area contributed by atoms with E-state index in [0.717, 1.165) is 23.8 Å². The van der Waals surface area contributed by atoms with E-state index in [9.17, 15) is 0 Å². The normalized spacial score (nSPS) is 14.2. The van der Waals surface area contributed by atoms with Gasteiger partial charge in [0.15, 0.2) is 5.65 Å². The molecule has 2 heterocycles. The summed E-state index contributed by atoms with van der Waals surface area (Å²) in [7, 11) is 1.90. The van der Waals surface area contributed by atoms with Gasteiger partial charge in [-0.05, 0) is 24.3 Å². The second kappa shape index (κ2) is 5.33. The lowest BCUT2D eigenvalue weighted by atomic mass is 10.2. The molecule has 112 valence electrons. The fraction of sp³-hybridized carbons (Fsp3) is 0.294. The molecule has 1 fully saturated rings. The van der Waals surface area contributed by atoms with Gasteiger partial charge in [0.1, 0.15) is 11.6 Å². The number of aromatic nitrogens is 3. The Morgan fingerprint density at radius 2 is 2.05 bits per heavy atom. The van der Waals surface area contributed by atoms with Crippen LogP contribution < -0.4 is 10.6 Å². The number of nitrogens with zero attached hydrogens (tertiary/aromatic N) is 3. The van der Waals surface area contributed by atoms with Crippen LogP contribution >= 0.6 is 0 Å². The maximum absolute atomic E-state index is 4.68. The van der Waals surface area contributed by atoms with E-state index >= 15 is 0 Å². The van der Waals surface area contributed by atoms with Crippen LogP contribution in [0, 0.1) is 0 Å². The largest absolute Gasteiger partial charge is 0.373 e. The first-order valence-corrected chi connectivity index (χ1v) is 7.69. The molecule has 2 aromatic heterocycles. The zero-order chi connectivity index (χ0) is 14.9. The van der Waals surface area contributed by atoms with Crippen molar-refractivity contribution in [2.24, 2.45) is 0 Å². The van der Waals surface area contributed by atoms with Crippen molar-refractivity contribution in [3.05, 3.63) is 53.7 Å². The zero-order valence-electron chi connectivity index (χ0n) is 12.6. The average molecular weight is 293 g/mol. The van der Waals surface area contributed by atoms with Gasteiger partial charge >= 0.3 is 0 Å². The second-order valence-electron chi connectivity index (χ2n) is 5.73. The highest BCUT2D eigenvalue weighted by atomic mass is 15.3. The molecule has 0 aliphatic heterocycles. The molecule has 4 rings (SSSR count). The van der Waals surface area contributed by atoms with Crippen LogP contribution in [-0.4, -0.2) is 21.6 Å². The third kappa shape index (κ3) is 2.39. The summed E-state index contributed by atoms with van der Waals surface area (Å²) in [4.78, 5) is 4.68. The van der Waals surface area contributed by atoms with E-state index in [4.69, 9.17) is 0 Å². The fourth-order valence-corrected chi connectivity index (χ4v) is 2.70. The first-order chi connectivity index (χ1) is 10.8. The topological polar surface area (TPSA) is 54.2 Å². The van der Waals surface area contributed by atoms with Crippen LogP contribution in [0.5, 0.6) is 0 Å². The summed E-state index contributed by atoms with van der Waals surface area (Å²) in [5.41, 5.74) is 3.47. The van der Waals surface area contributed by atoms with Crippen molar-refractivity contribution in [2.45, 2.75) is 25.3 Å². The Hall–Kier alpha value is -2.56. The molecular formula is C17H19N5. The Morgan fingerprint density at radius 1 is 1.23 bits per heavy atom. The molecule has 3 aromatic rings. The number of benzene rings is 1. The van der Waals surface area contributed by atoms with Crippen molar-refractivity contribution in [1.29, 1.82) is 0 Å². The standard InChI is InChI=1S/C17H19N5/c1-18-15-9-16(19-10-12-5-3-2-4-6-12)22-17(21-15)14(11-20-22)13-7-8-13/h2-6,9,11,13,19H,7-8,10H2,1H3,(H,18,21). The van der Waals surface area contributed by atoms with Crippen molar-refractivity contribution in [3.63, 3.8) is 0 Å². The summed E-state index contributed by atoms with van der Waals surface area (Å²) in [5, 5.41) is 11.1. The van der Waals surface area contributed by atoms with Gasteiger partial charge < -0.3 is 10.6 Å². The predicted molar refractivity (Wildman–Crippen MR) is 88.3 cm³/mol. The SMILES string of the molecule is CNc1cc(NCc2ccccc2)n2ncc(C3CC3)c2n1. The van der Waals surface area contributed by atoms with Crippen molar-refractivity contribution in [3.8, 4) is 0 Å². The minimum Gasteiger partial charge on any atom is -0.373 e. The van der Waals surface area contributed by atoms with Crippen LogP contribution in [0.15, 0.2) is 42.6 Å². The first kappa shape index (κ1) is 13.1. The van der Waals surface area contributed by atoms with Gasteiger partial charge in [0.05, 0.1) is 6.20 Å². The van der Waals surface area contributed by atoms with Crippen LogP contribution in [0.3, 0.4) is 0 Å². The first-order valence-electron chi connectivity index (χ1n) is 7.69. The second-order valence-corrected chi connectivity index (χ2v) is 5.73. The third-order valence-electron chi connectivity index (χ3n) is 4.09. The minimum atomic E-state index is 0.638. The Morgan fingerprint density at radius 3 is 2.77 bits per heavy atom. The summed E-state index contributed by atoms with van der Waals surface area (Å²) >= 11 is 0. The molecule has 0 atom stereocenters. The number of hydrogen-bond donors (Lipinski definition) is 2. The van der Waals surface area contributed by atoms with Crippen LogP contribution in [0.1, 0.15) is 29.9 Å². The van der Waals surface area contributed by atoms with Crippen LogP contribution in [0.4, 0.5) is 11.6 Å². The highest BCUT2D eigenvalue weighted by Gasteiger charge is 2.28. The van der Waals surface area contributed by atoms with E-state index in [1.165, 1.54) is 24.0 Å². The Labute approximate surface area is 129 Å². The van der Waals surface area contributed by atoms with E-state index in [-0.39, 0.29) is 0 Å². The highest BCUT2D eigenvalue weighted by molar-refractivity contribution is 5.61. The van der Waals surface area contributed by atoms with Gasteiger partial charge in [0, 0.05) is 25.2 Å². The number of nitrogens with one attached hydrogen (secondary N) is 2. The van der Waals surface area contributed by atoms with Gasteiger partial charge in [-0.25, -0.2) is 4.98 Å². The molecule has 1 aliphatic carbocycles.